The summed E-state index contributed by atoms with van der Waals surface area (Å²) in [7, 11) is 3.02. The largest absolute Gasteiger partial charge is 0.496 e. The number of rotatable bonds is 4. The van der Waals surface area contributed by atoms with Crippen molar-refractivity contribution in [1.82, 2.24) is 4.90 Å². The second-order valence-electron chi connectivity index (χ2n) is 7.09. The number of hydrogen-bond acceptors (Lipinski definition) is 4. The van der Waals surface area contributed by atoms with Gasteiger partial charge in [0, 0.05) is 5.56 Å². The second kappa shape index (κ2) is 7.56. The first-order valence-corrected chi connectivity index (χ1v) is 8.78. The topological polar surface area (TPSA) is 48.0 Å². The Bertz CT molecular complexity index is 814. The van der Waals surface area contributed by atoms with Crippen LogP contribution in [0.5, 0.6) is 11.5 Å². The smallest absolute Gasteiger partial charge is 0.262 e. The van der Waals surface area contributed by atoms with Crippen molar-refractivity contribution in [1.29, 1.82) is 0 Å². The average molecular weight is 373 g/mol. The Morgan fingerprint density at radius 3 is 2.33 bits per heavy atom. The van der Waals surface area contributed by atoms with Gasteiger partial charge >= 0.3 is 0 Å². The van der Waals surface area contributed by atoms with E-state index in [1.807, 2.05) is 13.8 Å². The summed E-state index contributed by atoms with van der Waals surface area (Å²) >= 11 is 0. The monoisotopic (exact) mass is 373 g/mol. The molecule has 5 nitrogen and oxygen atoms in total. The van der Waals surface area contributed by atoms with Crippen molar-refractivity contribution in [2.75, 3.05) is 27.4 Å². The van der Waals surface area contributed by atoms with E-state index in [4.69, 9.17) is 14.2 Å². The van der Waals surface area contributed by atoms with Gasteiger partial charge in [0.1, 0.15) is 29.0 Å². The third-order valence-electron chi connectivity index (χ3n) is 4.86. The van der Waals surface area contributed by atoms with E-state index in [2.05, 4.69) is 0 Å². The number of halogens is 1. The molecule has 1 heterocycles. The summed E-state index contributed by atoms with van der Waals surface area (Å²) in [5, 5.41) is 0. The van der Waals surface area contributed by atoms with Gasteiger partial charge in [0.25, 0.3) is 5.91 Å². The molecule has 1 unspecified atom stereocenters. The SMILES string of the molecule is COc1cccc(OC)c1C(=O)N1CC(c2ccccc2F)OCC1(C)C. The van der Waals surface area contributed by atoms with Gasteiger partial charge in [-0.2, -0.15) is 0 Å². The lowest BCUT2D eigenvalue weighted by Gasteiger charge is -2.45. The number of hydrogen-bond donors (Lipinski definition) is 0. The van der Waals surface area contributed by atoms with Crippen molar-refractivity contribution in [3.05, 3.63) is 59.4 Å². The normalized spacial score (nSPS) is 18.9. The zero-order chi connectivity index (χ0) is 19.6. The molecule has 2 aromatic rings. The van der Waals surface area contributed by atoms with Crippen LogP contribution < -0.4 is 9.47 Å². The molecule has 1 aliphatic rings. The van der Waals surface area contributed by atoms with Gasteiger partial charge in [-0.15, -0.1) is 0 Å². The van der Waals surface area contributed by atoms with E-state index in [9.17, 15) is 9.18 Å². The molecule has 0 saturated carbocycles. The molecule has 0 spiro atoms. The molecule has 144 valence electrons. The standard InChI is InChI=1S/C21H24FNO4/c1-21(2)13-27-18(14-8-5-6-9-15(14)22)12-23(21)20(24)19-16(25-3)10-7-11-17(19)26-4/h5-11,18H,12-13H2,1-4H3. The molecule has 0 bridgehead atoms. The lowest BCUT2D eigenvalue weighted by molar-refractivity contribution is -0.0858. The Balaban J connectivity index is 1.98. The van der Waals surface area contributed by atoms with Crippen molar-refractivity contribution < 1.29 is 23.4 Å². The molecule has 3 rings (SSSR count). The molecule has 0 N–H and O–H groups in total. The number of amides is 1. The summed E-state index contributed by atoms with van der Waals surface area (Å²) in [4.78, 5) is 15.2. The summed E-state index contributed by atoms with van der Waals surface area (Å²) in [5.41, 5.74) is 0.229. The van der Waals surface area contributed by atoms with Crippen LogP contribution in [0.1, 0.15) is 35.9 Å². The summed E-state index contributed by atoms with van der Waals surface area (Å²) in [6.45, 7) is 4.36. The van der Waals surface area contributed by atoms with E-state index < -0.39 is 11.6 Å². The fourth-order valence-electron chi connectivity index (χ4n) is 3.33. The molecule has 1 saturated heterocycles. The highest BCUT2D eigenvalue weighted by Crippen LogP contribution is 2.36. The maximum atomic E-state index is 14.2. The van der Waals surface area contributed by atoms with Crippen LogP contribution in [0.15, 0.2) is 42.5 Å². The van der Waals surface area contributed by atoms with Crippen molar-refractivity contribution in [2.45, 2.75) is 25.5 Å². The Morgan fingerprint density at radius 1 is 1.11 bits per heavy atom. The van der Waals surface area contributed by atoms with E-state index >= 15 is 0 Å². The fraction of sp³-hybridized carbons (Fsp3) is 0.381. The maximum Gasteiger partial charge on any atom is 0.262 e. The van der Waals surface area contributed by atoms with Gasteiger partial charge in [-0.3, -0.25) is 4.79 Å². The number of nitrogens with zero attached hydrogens (tertiary/aromatic N) is 1. The molecule has 0 aliphatic carbocycles. The Labute approximate surface area is 158 Å². The molecule has 0 aromatic heterocycles. The summed E-state index contributed by atoms with van der Waals surface area (Å²) < 4.78 is 30.9. The van der Waals surface area contributed by atoms with Crippen LogP contribution in [0.2, 0.25) is 0 Å². The third kappa shape index (κ3) is 3.62. The minimum atomic E-state index is -0.565. The van der Waals surface area contributed by atoms with Gasteiger partial charge in [0.15, 0.2) is 0 Å². The predicted molar refractivity (Wildman–Crippen MR) is 99.8 cm³/mol. The van der Waals surface area contributed by atoms with E-state index in [-0.39, 0.29) is 24.9 Å². The van der Waals surface area contributed by atoms with Gasteiger partial charge in [-0.25, -0.2) is 4.39 Å². The highest BCUT2D eigenvalue weighted by Gasteiger charge is 2.41. The van der Waals surface area contributed by atoms with Crippen LogP contribution in [0.4, 0.5) is 4.39 Å². The van der Waals surface area contributed by atoms with Gasteiger partial charge in [0.2, 0.25) is 0 Å². The molecule has 2 aromatic carbocycles. The lowest BCUT2D eigenvalue weighted by Crippen LogP contribution is -2.56. The average Bonchev–Trinajstić information content (AvgIpc) is 2.67. The Morgan fingerprint density at radius 2 is 1.74 bits per heavy atom. The van der Waals surface area contributed by atoms with Gasteiger partial charge in [0.05, 0.1) is 32.9 Å². The molecular formula is C21H24FNO4. The van der Waals surface area contributed by atoms with Crippen LogP contribution in [0.3, 0.4) is 0 Å². The molecule has 1 atom stereocenters. The van der Waals surface area contributed by atoms with Gasteiger partial charge < -0.3 is 19.1 Å². The molecule has 1 amide bonds. The third-order valence-corrected chi connectivity index (χ3v) is 4.86. The number of methoxy groups -OCH3 is 2. The van der Waals surface area contributed by atoms with Crippen LogP contribution in [-0.4, -0.2) is 43.7 Å². The number of carbonyl (C=O) groups excluding carboxylic acids is 1. The van der Waals surface area contributed by atoms with Crippen molar-refractivity contribution in [3.63, 3.8) is 0 Å². The van der Waals surface area contributed by atoms with E-state index in [1.54, 1.807) is 41.3 Å². The quantitative estimate of drug-likeness (QED) is 0.817. The van der Waals surface area contributed by atoms with Crippen molar-refractivity contribution >= 4 is 5.91 Å². The van der Waals surface area contributed by atoms with E-state index in [0.29, 0.717) is 22.6 Å². The number of carbonyl (C=O) groups is 1. The highest BCUT2D eigenvalue weighted by molar-refractivity contribution is 6.00. The zero-order valence-corrected chi connectivity index (χ0v) is 16.0. The Hall–Kier alpha value is -2.60. The first-order chi connectivity index (χ1) is 12.9. The van der Waals surface area contributed by atoms with Crippen molar-refractivity contribution in [3.8, 4) is 11.5 Å². The minimum absolute atomic E-state index is 0.230. The molecule has 1 fully saturated rings. The zero-order valence-electron chi connectivity index (χ0n) is 16.0. The molecular weight excluding hydrogens is 349 g/mol. The van der Waals surface area contributed by atoms with Crippen molar-refractivity contribution in [2.24, 2.45) is 0 Å². The van der Waals surface area contributed by atoms with Crippen LogP contribution >= 0.6 is 0 Å². The summed E-state index contributed by atoms with van der Waals surface area (Å²) in [6, 6.07) is 11.7. The van der Waals surface area contributed by atoms with Crippen LogP contribution in [-0.2, 0) is 4.74 Å². The number of morpholine rings is 1. The number of benzene rings is 2. The predicted octanol–water partition coefficient (Wildman–Crippen LogP) is 3.84. The molecule has 6 heteroatoms. The molecule has 0 radical (unpaired) electrons. The number of ether oxygens (including phenoxy) is 3. The van der Waals surface area contributed by atoms with E-state index in [0.717, 1.165) is 0 Å². The summed E-state index contributed by atoms with van der Waals surface area (Å²) in [5.74, 6) is 0.289. The second-order valence-corrected chi connectivity index (χ2v) is 7.09. The molecule has 1 aliphatic heterocycles. The fourth-order valence-corrected chi connectivity index (χ4v) is 3.33. The molecule has 27 heavy (non-hydrogen) atoms. The van der Waals surface area contributed by atoms with Crippen LogP contribution in [0.25, 0.3) is 0 Å². The highest BCUT2D eigenvalue weighted by atomic mass is 19.1. The maximum absolute atomic E-state index is 14.2. The Kier molecular flexibility index (Phi) is 5.37. The summed E-state index contributed by atoms with van der Waals surface area (Å²) in [6.07, 6.45) is -0.538. The lowest BCUT2D eigenvalue weighted by atomic mass is 9.96. The first kappa shape index (κ1) is 19.2. The van der Waals surface area contributed by atoms with Gasteiger partial charge in [-0.05, 0) is 32.0 Å². The van der Waals surface area contributed by atoms with Crippen LogP contribution in [0, 0.1) is 5.82 Å². The van der Waals surface area contributed by atoms with E-state index in [1.165, 1.54) is 20.3 Å². The van der Waals surface area contributed by atoms with Gasteiger partial charge in [-0.1, -0.05) is 24.3 Å². The first-order valence-electron chi connectivity index (χ1n) is 8.78. The minimum Gasteiger partial charge on any atom is -0.496 e.